The number of aromatic nitrogens is 1. The van der Waals surface area contributed by atoms with E-state index in [1.165, 1.54) is 30.2 Å². The number of rotatable bonds is 5. The van der Waals surface area contributed by atoms with Crippen molar-refractivity contribution in [2.24, 2.45) is 0 Å². The SMILES string of the molecule is CCCc1cc(C(=O)Nc2ncc(C(=O)OC)s2)sc1C. The number of thiazole rings is 1. The monoisotopic (exact) mass is 324 g/mol. The van der Waals surface area contributed by atoms with E-state index in [-0.39, 0.29) is 5.91 Å². The van der Waals surface area contributed by atoms with Gasteiger partial charge < -0.3 is 4.74 Å². The number of carbonyl (C=O) groups is 2. The predicted molar refractivity (Wildman–Crippen MR) is 84.5 cm³/mol. The zero-order valence-electron chi connectivity index (χ0n) is 12.1. The van der Waals surface area contributed by atoms with Crippen LogP contribution in [0.1, 0.15) is 43.1 Å². The molecule has 0 aliphatic rings. The van der Waals surface area contributed by atoms with Crippen LogP contribution in [0.3, 0.4) is 0 Å². The lowest BCUT2D eigenvalue weighted by Gasteiger charge is -1.97. The quantitative estimate of drug-likeness (QED) is 0.855. The number of anilines is 1. The van der Waals surface area contributed by atoms with Crippen LogP contribution in [0.4, 0.5) is 5.13 Å². The van der Waals surface area contributed by atoms with E-state index in [0.29, 0.717) is 14.9 Å². The minimum atomic E-state index is -0.454. The minimum Gasteiger partial charge on any atom is -0.465 e. The third-order valence-corrected chi connectivity index (χ3v) is 4.86. The van der Waals surface area contributed by atoms with Gasteiger partial charge in [0.15, 0.2) is 5.13 Å². The summed E-state index contributed by atoms with van der Waals surface area (Å²) in [5, 5.41) is 3.10. The molecule has 2 aromatic rings. The molecule has 0 saturated carbocycles. The fourth-order valence-electron chi connectivity index (χ4n) is 1.83. The highest BCUT2D eigenvalue weighted by Gasteiger charge is 2.15. The number of ether oxygens (including phenoxy) is 1. The van der Waals surface area contributed by atoms with Gasteiger partial charge in [0, 0.05) is 4.88 Å². The first-order chi connectivity index (χ1) is 10.0. The Morgan fingerprint density at radius 1 is 1.33 bits per heavy atom. The molecule has 2 rings (SSSR count). The molecule has 1 amide bonds. The number of nitrogens with one attached hydrogen (secondary N) is 1. The number of amides is 1. The van der Waals surface area contributed by atoms with E-state index < -0.39 is 5.97 Å². The lowest BCUT2D eigenvalue weighted by atomic mass is 10.1. The number of carbonyl (C=O) groups excluding carboxylic acids is 2. The summed E-state index contributed by atoms with van der Waals surface area (Å²) in [4.78, 5) is 29.7. The molecular weight excluding hydrogens is 308 g/mol. The molecule has 0 radical (unpaired) electrons. The van der Waals surface area contributed by atoms with Crippen LogP contribution in [0.2, 0.25) is 0 Å². The van der Waals surface area contributed by atoms with Crippen molar-refractivity contribution in [2.75, 3.05) is 12.4 Å². The van der Waals surface area contributed by atoms with Gasteiger partial charge in [0.1, 0.15) is 4.88 Å². The molecule has 7 heteroatoms. The molecule has 112 valence electrons. The Balaban J connectivity index is 2.09. The van der Waals surface area contributed by atoms with Gasteiger partial charge in [-0.05, 0) is 25.0 Å². The molecule has 0 aliphatic carbocycles. The van der Waals surface area contributed by atoms with Crippen LogP contribution >= 0.6 is 22.7 Å². The molecule has 0 bridgehead atoms. The standard InChI is InChI=1S/C14H16N2O3S2/c1-4-5-9-6-10(20-8(9)2)12(17)16-14-15-7-11(21-14)13(18)19-3/h6-7H,4-5H2,1-3H3,(H,15,16,17). The maximum absolute atomic E-state index is 12.2. The van der Waals surface area contributed by atoms with Crippen molar-refractivity contribution >= 4 is 39.7 Å². The molecule has 0 aromatic carbocycles. The third kappa shape index (κ3) is 3.68. The molecule has 21 heavy (non-hydrogen) atoms. The predicted octanol–water partition coefficient (Wildman–Crippen LogP) is 3.50. The van der Waals surface area contributed by atoms with Crippen LogP contribution in [0.25, 0.3) is 0 Å². The van der Waals surface area contributed by atoms with E-state index in [4.69, 9.17) is 0 Å². The van der Waals surface area contributed by atoms with Crippen molar-refractivity contribution in [3.8, 4) is 0 Å². The van der Waals surface area contributed by atoms with Crippen LogP contribution in [-0.4, -0.2) is 24.0 Å². The molecule has 2 heterocycles. The molecular formula is C14H16N2O3S2. The summed E-state index contributed by atoms with van der Waals surface area (Å²) >= 11 is 2.57. The van der Waals surface area contributed by atoms with E-state index in [1.807, 2.05) is 13.0 Å². The molecule has 0 fully saturated rings. The van der Waals surface area contributed by atoms with Crippen molar-refractivity contribution < 1.29 is 14.3 Å². The van der Waals surface area contributed by atoms with Crippen LogP contribution in [-0.2, 0) is 11.2 Å². The van der Waals surface area contributed by atoms with Crippen LogP contribution in [0.15, 0.2) is 12.3 Å². The number of hydrogen-bond acceptors (Lipinski definition) is 6. The first-order valence-electron chi connectivity index (χ1n) is 6.50. The van der Waals surface area contributed by atoms with Crippen LogP contribution in [0.5, 0.6) is 0 Å². The summed E-state index contributed by atoms with van der Waals surface area (Å²) in [6.45, 7) is 4.13. The first kappa shape index (κ1) is 15.7. The smallest absolute Gasteiger partial charge is 0.349 e. The summed E-state index contributed by atoms with van der Waals surface area (Å²) in [5.41, 5.74) is 1.21. The highest BCUT2D eigenvalue weighted by molar-refractivity contribution is 7.18. The molecule has 0 spiro atoms. The third-order valence-electron chi connectivity index (χ3n) is 2.88. The zero-order valence-corrected chi connectivity index (χ0v) is 13.7. The van der Waals surface area contributed by atoms with Gasteiger partial charge in [0.05, 0.1) is 18.2 Å². The lowest BCUT2D eigenvalue weighted by molar-refractivity contribution is 0.0606. The molecule has 0 saturated heterocycles. The van der Waals surface area contributed by atoms with Gasteiger partial charge in [-0.15, -0.1) is 11.3 Å². The van der Waals surface area contributed by atoms with Crippen LogP contribution < -0.4 is 5.32 Å². The summed E-state index contributed by atoms with van der Waals surface area (Å²) in [6.07, 6.45) is 3.42. The van der Waals surface area contributed by atoms with Gasteiger partial charge in [-0.3, -0.25) is 10.1 Å². The van der Waals surface area contributed by atoms with E-state index in [9.17, 15) is 9.59 Å². The highest BCUT2D eigenvalue weighted by Crippen LogP contribution is 2.25. The second-order valence-corrected chi connectivity index (χ2v) is 6.70. The Morgan fingerprint density at radius 2 is 2.10 bits per heavy atom. The molecule has 0 atom stereocenters. The Hall–Kier alpha value is -1.73. The van der Waals surface area contributed by atoms with Crippen molar-refractivity contribution in [1.29, 1.82) is 0 Å². The molecule has 0 unspecified atom stereocenters. The van der Waals surface area contributed by atoms with Gasteiger partial charge in [-0.2, -0.15) is 0 Å². The number of methoxy groups -OCH3 is 1. The molecule has 0 aliphatic heterocycles. The Labute approximate surface area is 131 Å². The number of hydrogen-bond donors (Lipinski definition) is 1. The summed E-state index contributed by atoms with van der Waals surface area (Å²) < 4.78 is 4.61. The minimum absolute atomic E-state index is 0.198. The Morgan fingerprint density at radius 3 is 2.76 bits per heavy atom. The normalized spacial score (nSPS) is 10.4. The Bertz CT molecular complexity index is 661. The zero-order chi connectivity index (χ0) is 15.4. The fourth-order valence-corrected chi connectivity index (χ4v) is 3.53. The maximum Gasteiger partial charge on any atom is 0.349 e. The molecule has 2 aromatic heterocycles. The van der Waals surface area contributed by atoms with Gasteiger partial charge in [0.2, 0.25) is 0 Å². The second-order valence-electron chi connectivity index (χ2n) is 4.42. The first-order valence-corrected chi connectivity index (χ1v) is 8.13. The summed E-state index contributed by atoms with van der Waals surface area (Å²) in [6, 6.07) is 1.92. The van der Waals surface area contributed by atoms with Crippen molar-refractivity contribution in [1.82, 2.24) is 4.98 Å². The highest BCUT2D eigenvalue weighted by atomic mass is 32.1. The largest absolute Gasteiger partial charge is 0.465 e. The summed E-state index contributed by atoms with van der Waals surface area (Å²) in [7, 11) is 1.31. The topological polar surface area (TPSA) is 68.3 Å². The lowest BCUT2D eigenvalue weighted by Crippen LogP contribution is -2.09. The van der Waals surface area contributed by atoms with E-state index in [1.54, 1.807) is 0 Å². The number of esters is 1. The van der Waals surface area contributed by atoms with Crippen molar-refractivity contribution in [2.45, 2.75) is 26.7 Å². The average Bonchev–Trinajstić information content (AvgIpc) is 3.06. The number of aryl methyl sites for hydroxylation is 2. The van der Waals surface area contributed by atoms with E-state index in [0.717, 1.165) is 29.1 Å². The molecule has 1 N–H and O–H groups in total. The number of nitrogens with zero attached hydrogens (tertiary/aromatic N) is 1. The molecule has 5 nitrogen and oxygen atoms in total. The maximum atomic E-state index is 12.2. The summed E-state index contributed by atoms with van der Waals surface area (Å²) in [5.74, 6) is -0.651. The van der Waals surface area contributed by atoms with Gasteiger partial charge in [0.25, 0.3) is 5.91 Å². The van der Waals surface area contributed by atoms with Gasteiger partial charge >= 0.3 is 5.97 Å². The second kappa shape index (κ2) is 6.82. The van der Waals surface area contributed by atoms with Gasteiger partial charge in [-0.25, -0.2) is 9.78 Å². The van der Waals surface area contributed by atoms with E-state index in [2.05, 4.69) is 22.0 Å². The van der Waals surface area contributed by atoms with Gasteiger partial charge in [-0.1, -0.05) is 24.7 Å². The fraction of sp³-hybridized carbons (Fsp3) is 0.357. The van der Waals surface area contributed by atoms with Crippen LogP contribution in [0, 0.1) is 6.92 Å². The average molecular weight is 324 g/mol. The van der Waals surface area contributed by atoms with E-state index >= 15 is 0 Å². The number of thiophene rings is 1. The van der Waals surface area contributed by atoms with Crippen molar-refractivity contribution in [3.05, 3.63) is 32.5 Å². The Kier molecular flexibility index (Phi) is 5.08. The van der Waals surface area contributed by atoms with Crippen molar-refractivity contribution in [3.63, 3.8) is 0 Å².